The van der Waals surface area contributed by atoms with Gasteiger partial charge in [-0.15, -0.1) is 0 Å². The van der Waals surface area contributed by atoms with E-state index in [0.717, 1.165) is 12.4 Å². The number of hydrogen-bond acceptors (Lipinski definition) is 5. The van der Waals surface area contributed by atoms with E-state index in [9.17, 15) is 0 Å². The number of hydrazine groups is 1. The van der Waals surface area contributed by atoms with Crippen LogP contribution in [0.4, 0.5) is 5.82 Å². The second kappa shape index (κ2) is 4.82. The molecule has 0 spiro atoms. The van der Waals surface area contributed by atoms with Crippen LogP contribution in [0.3, 0.4) is 0 Å². The summed E-state index contributed by atoms with van der Waals surface area (Å²) in [6.45, 7) is 5.35. The van der Waals surface area contributed by atoms with E-state index in [1.165, 1.54) is 18.5 Å². The maximum Gasteiger partial charge on any atom is 0.129 e. The van der Waals surface area contributed by atoms with Gasteiger partial charge in [0.15, 0.2) is 0 Å². The number of aromatic nitrogens is 2. The fourth-order valence-electron chi connectivity index (χ4n) is 2.56. The van der Waals surface area contributed by atoms with Gasteiger partial charge in [-0.2, -0.15) is 0 Å². The van der Waals surface area contributed by atoms with Crippen molar-refractivity contribution < 1.29 is 0 Å². The van der Waals surface area contributed by atoms with Gasteiger partial charge in [-0.1, -0.05) is 0 Å². The molecular formula is C13H21N5. The molecule has 5 nitrogen and oxygen atoms in total. The van der Waals surface area contributed by atoms with Gasteiger partial charge in [-0.05, 0) is 26.7 Å². The molecule has 2 atom stereocenters. The first-order valence-corrected chi connectivity index (χ1v) is 6.81. The number of nitrogens with zero attached hydrogens (tertiary/aromatic N) is 2. The molecule has 18 heavy (non-hydrogen) atoms. The third-order valence-corrected chi connectivity index (χ3v) is 4.03. The Bertz CT molecular complexity index is 408. The van der Waals surface area contributed by atoms with E-state index in [4.69, 9.17) is 0 Å². The Morgan fingerprint density at radius 2 is 1.94 bits per heavy atom. The maximum atomic E-state index is 4.34. The van der Waals surface area contributed by atoms with Crippen LogP contribution in [-0.2, 0) is 0 Å². The van der Waals surface area contributed by atoms with Crippen molar-refractivity contribution in [3.05, 3.63) is 18.1 Å². The minimum atomic E-state index is 0.484. The molecule has 98 valence electrons. The highest BCUT2D eigenvalue weighted by atomic mass is 15.4. The third-order valence-electron chi connectivity index (χ3n) is 4.03. The highest BCUT2D eigenvalue weighted by Gasteiger charge is 2.29. The molecule has 1 aliphatic heterocycles. The molecule has 1 saturated heterocycles. The lowest BCUT2D eigenvalue weighted by Crippen LogP contribution is -2.30. The predicted molar refractivity (Wildman–Crippen MR) is 71.2 cm³/mol. The molecule has 3 N–H and O–H groups in total. The van der Waals surface area contributed by atoms with Gasteiger partial charge in [0.05, 0.1) is 0 Å². The van der Waals surface area contributed by atoms with E-state index >= 15 is 0 Å². The fourth-order valence-corrected chi connectivity index (χ4v) is 2.56. The molecule has 2 fully saturated rings. The zero-order chi connectivity index (χ0) is 12.5. The standard InChI is InChI=1S/C13H21N5/c1-8-11(9(2)18-17-8)6-14-13-5-12(10-3-4-10)15-7-16-13/h5,7-11,17-18H,3-4,6H2,1-2H3,(H,14,15,16). The van der Waals surface area contributed by atoms with Crippen molar-refractivity contribution in [3.8, 4) is 0 Å². The number of rotatable bonds is 4. The summed E-state index contributed by atoms with van der Waals surface area (Å²) in [6, 6.07) is 3.07. The van der Waals surface area contributed by atoms with Crippen molar-refractivity contribution in [1.29, 1.82) is 0 Å². The van der Waals surface area contributed by atoms with Crippen molar-refractivity contribution in [2.75, 3.05) is 11.9 Å². The summed E-state index contributed by atoms with van der Waals surface area (Å²) >= 11 is 0. The first-order chi connectivity index (χ1) is 8.74. The zero-order valence-electron chi connectivity index (χ0n) is 11.0. The summed E-state index contributed by atoms with van der Waals surface area (Å²) in [4.78, 5) is 8.63. The van der Waals surface area contributed by atoms with Crippen molar-refractivity contribution in [3.63, 3.8) is 0 Å². The Morgan fingerprint density at radius 3 is 2.61 bits per heavy atom. The van der Waals surface area contributed by atoms with Gasteiger partial charge < -0.3 is 5.32 Å². The van der Waals surface area contributed by atoms with Gasteiger partial charge in [-0.25, -0.2) is 9.97 Å². The second-order valence-electron chi connectivity index (χ2n) is 5.51. The Morgan fingerprint density at radius 1 is 1.22 bits per heavy atom. The van der Waals surface area contributed by atoms with Crippen LogP contribution in [0.5, 0.6) is 0 Å². The second-order valence-corrected chi connectivity index (χ2v) is 5.51. The van der Waals surface area contributed by atoms with Crippen molar-refractivity contribution in [2.45, 2.75) is 44.7 Å². The van der Waals surface area contributed by atoms with Crippen molar-refractivity contribution in [2.24, 2.45) is 5.92 Å². The molecule has 0 radical (unpaired) electrons. The van der Waals surface area contributed by atoms with Gasteiger partial charge in [0.25, 0.3) is 0 Å². The van der Waals surface area contributed by atoms with Crippen LogP contribution < -0.4 is 16.2 Å². The van der Waals surface area contributed by atoms with E-state index in [2.05, 4.69) is 46.1 Å². The SMILES string of the molecule is CC1NNC(C)C1CNc1cc(C2CC2)ncn1. The lowest BCUT2D eigenvalue weighted by Gasteiger charge is -2.18. The molecule has 5 heteroatoms. The summed E-state index contributed by atoms with van der Waals surface area (Å²) in [5.41, 5.74) is 7.74. The Hall–Kier alpha value is -1.20. The molecule has 0 aromatic carbocycles. The van der Waals surface area contributed by atoms with Gasteiger partial charge in [0, 0.05) is 42.2 Å². The number of hydrogen-bond donors (Lipinski definition) is 3. The molecule has 1 aliphatic carbocycles. The molecule has 2 unspecified atom stereocenters. The van der Waals surface area contributed by atoms with E-state index in [0.29, 0.717) is 23.9 Å². The van der Waals surface area contributed by atoms with Crippen molar-refractivity contribution in [1.82, 2.24) is 20.8 Å². The largest absolute Gasteiger partial charge is 0.370 e. The number of nitrogens with one attached hydrogen (secondary N) is 3. The van der Waals surface area contributed by atoms with E-state index in [1.807, 2.05) is 0 Å². The number of anilines is 1. The normalized spacial score (nSPS) is 31.6. The molecule has 2 aliphatic rings. The zero-order valence-corrected chi connectivity index (χ0v) is 11.0. The van der Waals surface area contributed by atoms with Gasteiger partial charge in [0.1, 0.15) is 12.1 Å². The van der Waals surface area contributed by atoms with Gasteiger partial charge in [0.2, 0.25) is 0 Å². The Labute approximate surface area is 108 Å². The molecule has 1 aromatic rings. The summed E-state index contributed by atoms with van der Waals surface area (Å²) < 4.78 is 0. The molecule has 0 bridgehead atoms. The van der Waals surface area contributed by atoms with E-state index < -0.39 is 0 Å². The lowest BCUT2D eigenvalue weighted by molar-refractivity contribution is 0.466. The van der Waals surface area contributed by atoms with Crippen LogP contribution in [0, 0.1) is 5.92 Å². The Kier molecular flexibility index (Phi) is 3.18. The summed E-state index contributed by atoms with van der Waals surface area (Å²) in [7, 11) is 0. The quantitative estimate of drug-likeness (QED) is 0.748. The van der Waals surface area contributed by atoms with Crippen LogP contribution in [0.25, 0.3) is 0 Å². The Balaban J connectivity index is 1.60. The fraction of sp³-hybridized carbons (Fsp3) is 0.692. The first kappa shape index (κ1) is 11.9. The van der Waals surface area contributed by atoms with E-state index in [-0.39, 0.29) is 0 Å². The molecule has 1 aromatic heterocycles. The highest BCUT2D eigenvalue weighted by molar-refractivity contribution is 5.37. The minimum absolute atomic E-state index is 0.484. The monoisotopic (exact) mass is 247 g/mol. The van der Waals surface area contributed by atoms with Crippen LogP contribution in [-0.4, -0.2) is 28.6 Å². The van der Waals surface area contributed by atoms with Crippen LogP contribution in [0.1, 0.15) is 38.3 Å². The smallest absolute Gasteiger partial charge is 0.129 e. The molecule has 1 saturated carbocycles. The third kappa shape index (κ3) is 2.47. The average Bonchev–Trinajstić information content (AvgIpc) is 3.17. The van der Waals surface area contributed by atoms with Crippen LogP contribution >= 0.6 is 0 Å². The van der Waals surface area contributed by atoms with Gasteiger partial charge >= 0.3 is 0 Å². The molecule has 3 rings (SSSR count). The lowest BCUT2D eigenvalue weighted by atomic mass is 9.97. The topological polar surface area (TPSA) is 61.9 Å². The average molecular weight is 247 g/mol. The molecule has 0 amide bonds. The maximum absolute atomic E-state index is 4.34. The van der Waals surface area contributed by atoms with Crippen LogP contribution in [0.2, 0.25) is 0 Å². The highest BCUT2D eigenvalue weighted by Crippen LogP contribution is 2.39. The minimum Gasteiger partial charge on any atom is -0.370 e. The molecular weight excluding hydrogens is 226 g/mol. The van der Waals surface area contributed by atoms with Crippen LogP contribution in [0.15, 0.2) is 12.4 Å². The first-order valence-electron chi connectivity index (χ1n) is 6.81. The van der Waals surface area contributed by atoms with E-state index in [1.54, 1.807) is 6.33 Å². The van der Waals surface area contributed by atoms with Crippen molar-refractivity contribution >= 4 is 5.82 Å². The predicted octanol–water partition coefficient (Wildman–Crippen LogP) is 1.27. The summed E-state index contributed by atoms with van der Waals surface area (Å²) in [5, 5.41) is 3.44. The summed E-state index contributed by atoms with van der Waals surface area (Å²) in [5.74, 6) is 2.21. The summed E-state index contributed by atoms with van der Waals surface area (Å²) in [6.07, 6.45) is 4.23. The van der Waals surface area contributed by atoms with Gasteiger partial charge in [-0.3, -0.25) is 10.9 Å². The molecule has 2 heterocycles.